The Labute approximate surface area is 111 Å². The lowest BCUT2D eigenvalue weighted by Gasteiger charge is -2.38. The van der Waals surface area contributed by atoms with Crippen molar-refractivity contribution in [3.63, 3.8) is 0 Å². The number of rotatable bonds is 4. The summed E-state index contributed by atoms with van der Waals surface area (Å²) in [5.74, 6) is 0.905. The van der Waals surface area contributed by atoms with E-state index in [2.05, 4.69) is 49.2 Å². The average Bonchev–Trinajstić information content (AvgIpc) is 2.41. The lowest BCUT2D eigenvalue weighted by atomic mass is 9.86. The van der Waals surface area contributed by atoms with Gasteiger partial charge in [0.15, 0.2) is 0 Å². The largest absolute Gasteiger partial charge is 0.329 e. The summed E-state index contributed by atoms with van der Waals surface area (Å²) in [4.78, 5) is 2.50. The highest BCUT2D eigenvalue weighted by Gasteiger charge is 2.26. The first-order valence-corrected chi connectivity index (χ1v) is 7.19. The number of nitrogens with zero attached hydrogens (tertiary/aromatic N) is 1. The molecule has 18 heavy (non-hydrogen) atoms. The molecule has 1 aromatic rings. The van der Waals surface area contributed by atoms with E-state index >= 15 is 0 Å². The molecule has 0 amide bonds. The molecule has 0 aliphatic heterocycles. The highest BCUT2D eigenvalue weighted by atomic mass is 15.2. The van der Waals surface area contributed by atoms with Crippen LogP contribution >= 0.6 is 0 Å². The van der Waals surface area contributed by atoms with Gasteiger partial charge in [0.05, 0.1) is 0 Å². The molecule has 1 aliphatic rings. The molecule has 0 bridgehead atoms. The maximum atomic E-state index is 6.00. The Hall–Kier alpha value is -0.860. The summed E-state index contributed by atoms with van der Waals surface area (Å²) in [6, 6.07) is 11.7. The van der Waals surface area contributed by atoms with Crippen LogP contribution in [0.25, 0.3) is 0 Å². The number of nitrogens with two attached hydrogens (primary N) is 1. The smallest absolute Gasteiger partial charge is 0.0470 e. The second-order valence-corrected chi connectivity index (χ2v) is 5.74. The Morgan fingerprint density at radius 2 is 1.78 bits per heavy atom. The van der Waals surface area contributed by atoms with E-state index in [0.29, 0.717) is 18.6 Å². The van der Waals surface area contributed by atoms with Crippen molar-refractivity contribution in [3.05, 3.63) is 35.9 Å². The molecule has 2 rings (SSSR count). The zero-order valence-electron chi connectivity index (χ0n) is 11.7. The second kappa shape index (κ2) is 6.35. The minimum absolute atomic E-state index is 0.365. The van der Waals surface area contributed by atoms with Crippen LogP contribution in [0.4, 0.5) is 0 Å². The lowest BCUT2D eigenvalue weighted by Crippen LogP contribution is -2.40. The van der Waals surface area contributed by atoms with Crippen LogP contribution in [0.2, 0.25) is 0 Å². The maximum absolute atomic E-state index is 6.00. The summed E-state index contributed by atoms with van der Waals surface area (Å²) >= 11 is 0. The van der Waals surface area contributed by atoms with E-state index < -0.39 is 0 Å². The molecule has 0 aromatic heterocycles. The van der Waals surface area contributed by atoms with Crippen molar-refractivity contribution in [1.82, 2.24) is 4.90 Å². The zero-order valence-corrected chi connectivity index (χ0v) is 11.7. The maximum Gasteiger partial charge on any atom is 0.0470 e. The molecule has 2 N–H and O–H groups in total. The van der Waals surface area contributed by atoms with Gasteiger partial charge in [-0.25, -0.2) is 0 Å². The van der Waals surface area contributed by atoms with Crippen LogP contribution in [0.1, 0.15) is 44.2 Å². The molecule has 0 saturated heterocycles. The van der Waals surface area contributed by atoms with Crippen LogP contribution < -0.4 is 5.73 Å². The zero-order chi connectivity index (χ0) is 13.0. The highest BCUT2D eigenvalue weighted by molar-refractivity contribution is 5.19. The molecule has 0 spiro atoms. The van der Waals surface area contributed by atoms with Gasteiger partial charge in [-0.3, -0.25) is 4.90 Å². The molecule has 0 radical (unpaired) electrons. The van der Waals surface area contributed by atoms with Gasteiger partial charge >= 0.3 is 0 Å². The molecule has 0 heterocycles. The Balaban J connectivity index is 2.04. The van der Waals surface area contributed by atoms with Crippen molar-refractivity contribution in [2.75, 3.05) is 13.6 Å². The Morgan fingerprint density at radius 3 is 2.33 bits per heavy atom. The fourth-order valence-corrected chi connectivity index (χ4v) is 3.12. The predicted molar refractivity (Wildman–Crippen MR) is 77.4 cm³/mol. The van der Waals surface area contributed by atoms with Crippen LogP contribution in [-0.2, 0) is 0 Å². The van der Waals surface area contributed by atoms with E-state index in [1.54, 1.807) is 0 Å². The summed E-state index contributed by atoms with van der Waals surface area (Å²) in [5, 5.41) is 0. The van der Waals surface area contributed by atoms with Crippen molar-refractivity contribution in [3.8, 4) is 0 Å². The van der Waals surface area contributed by atoms with Gasteiger partial charge in [-0.05, 0) is 44.2 Å². The molecular formula is C16H26N2. The molecule has 1 fully saturated rings. The van der Waals surface area contributed by atoms with E-state index in [1.165, 1.54) is 31.2 Å². The van der Waals surface area contributed by atoms with Crippen LogP contribution in [0.3, 0.4) is 0 Å². The fourth-order valence-electron chi connectivity index (χ4n) is 3.12. The molecule has 1 saturated carbocycles. The average molecular weight is 246 g/mol. The third-order valence-corrected chi connectivity index (χ3v) is 4.46. The van der Waals surface area contributed by atoms with Crippen molar-refractivity contribution >= 4 is 0 Å². The number of hydrogen-bond acceptors (Lipinski definition) is 2. The number of benzene rings is 1. The molecule has 1 atom stereocenters. The summed E-state index contributed by atoms with van der Waals surface area (Å²) in [5.41, 5.74) is 7.35. The van der Waals surface area contributed by atoms with Crippen LogP contribution in [-0.4, -0.2) is 24.5 Å². The normalized spacial score (nSPS) is 26.2. The number of likely N-dealkylation sites (N-methyl/N-ethyl adjacent to an activating group) is 1. The van der Waals surface area contributed by atoms with Gasteiger partial charge in [0.25, 0.3) is 0 Å². The minimum Gasteiger partial charge on any atom is -0.329 e. The lowest BCUT2D eigenvalue weighted by molar-refractivity contribution is 0.126. The molecule has 1 aliphatic carbocycles. The predicted octanol–water partition coefficient (Wildman–Crippen LogP) is 3.20. The summed E-state index contributed by atoms with van der Waals surface area (Å²) in [6.45, 7) is 3.07. The van der Waals surface area contributed by atoms with E-state index in [1.807, 2.05) is 0 Å². The standard InChI is InChI=1S/C16H26N2/c1-13-8-10-15(11-9-13)18(2)16(12-17)14-6-4-3-5-7-14/h3-7,13,15-16H,8-12,17H2,1-2H3. The quantitative estimate of drug-likeness (QED) is 0.884. The Bertz CT molecular complexity index is 341. The molecular weight excluding hydrogens is 220 g/mol. The first-order valence-electron chi connectivity index (χ1n) is 7.19. The van der Waals surface area contributed by atoms with E-state index in [-0.39, 0.29) is 0 Å². The second-order valence-electron chi connectivity index (χ2n) is 5.74. The highest BCUT2D eigenvalue weighted by Crippen LogP contribution is 2.30. The van der Waals surface area contributed by atoms with Crippen LogP contribution in [0.15, 0.2) is 30.3 Å². The molecule has 1 unspecified atom stereocenters. The molecule has 1 aromatic carbocycles. The summed E-state index contributed by atoms with van der Waals surface area (Å²) < 4.78 is 0. The van der Waals surface area contributed by atoms with Gasteiger partial charge in [-0.2, -0.15) is 0 Å². The van der Waals surface area contributed by atoms with Gasteiger partial charge < -0.3 is 5.73 Å². The molecule has 2 heteroatoms. The van der Waals surface area contributed by atoms with Gasteiger partial charge in [-0.1, -0.05) is 37.3 Å². The van der Waals surface area contributed by atoms with Gasteiger partial charge in [-0.15, -0.1) is 0 Å². The van der Waals surface area contributed by atoms with Crippen molar-refractivity contribution < 1.29 is 0 Å². The topological polar surface area (TPSA) is 29.3 Å². The van der Waals surface area contributed by atoms with Crippen LogP contribution in [0, 0.1) is 5.92 Å². The van der Waals surface area contributed by atoms with Gasteiger partial charge in [0, 0.05) is 18.6 Å². The van der Waals surface area contributed by atoms with Gasteiger partial charge in [0.1, 0.15) is 0 Å². The Morgan fingerprint density at radius 1 is 1.17 bits per heavy atom. The third-order valence-electron chi connectivity index (χ3n) is 4.46. The molecule has 100 valence electrons. The van der Waals surface area contributed by atoms with E-state index in [9.17, 15) is 0 Å². The van der Waals surface area contributed by atoms with Crippen molar-refractivity contribution in [1.29, 1.82) is 0 Å². The third kappa shape index (κ3) is 3.12. The van der Waals surface area contributed by atoms with E-state index in [0.717, 1.165) is 5.92 Å². The monoisotopic (exact) mass is 246 g/mol. The SMILES string of the molecule is CC1CCC(N(C)C(CN)c2ccccc2)CC1. The van der Waals surface area contributed by atoms with Crippen molar-refractivity contribution in [2.24, 2.45) is 11.7 Å². The Kier molecular flexibility index (Phi) is 4.79. The van der Waals surface area contributed by atoms with Crippen molar-refractivity contribution in [2.45, 2.75) is 44.7 Å². The van der Waals surface area contributed by atoms with Gasteiger partial charge in [0.2, 0.25) is 0 Å². The minimum atomic E-state index is 0.365. The summed E-state index contributed by atoms with van der Waals surface area (Å²) in [7, 11) is 2.24. The molecule has 2 nitrogen and oxygen atoms in total. The fraction of sp³-hybridized carbons (Fsp3) is 0.625. The first kappa shape index (κ1) is 13.6. The van der Waals surface area contributed by atoms with E-state index in [4.69, 9.17) is 5.73 Å². The number of hydrogen-bond donors (Lipinski definition) is 1. The first-order chi connectivity index (χ1) is 8.72. The van der Waals surface area contributed by atoms with Crippen LogP contribution in [0.5, 0.6) is 0 Å². The summed E-state index contributed by atoms with van der Waals surface area (Å²) in [6.07, 6.45) is 5.37.